The number of nitrogens with two attached hydrogens (primary N) is 1. The van der Waals surface area contributed by atoms with E-state index in [9.17, 15) is 0 Å². The molecule has 1 atom stereocenters. The Labute approximate surface area is 102 Å². The predicted molar refractivity (Wildman–Crippen MR) is 67.7 cm³/mol. The molecule has 0 saturated carbocycles. The summed E-state index contributed by atoms with van der Waals surface area (Å²) in [5.41, 5.74) is 5.98. The normalized spacial score (nSPS) is 12.9. The Hall–Kier alpha value is -0.870. The molecule has 0 aliphatic carbocycles. The highest BCUT2D eigenvalue weighted by molar-refractivity contribution is 6.30. The average molecular weight is 243 g/mol. The van der Waals surface area contributed by atoms with Crippen molar-refractivity contribution in [2.45, 2.75) is 26.3 Å². The van der Waals surface area contributed by atoms with Gasteiger partial charge in [0.15, 0.2) is 0 Å². The molecule has 0 bridgehead atoms. The van der Waals surface area contributed by atoms with Crippen LogP contribution in [0.2, 0.25) is 5.02 Å². The van der Waals surface area contributed by atoms with E-state index in [1.807, 2.05) is 11.9 Å². The lowest BCUT2D eigenvalue weighted by Gasteiger charge is -2.21. The third kappa shape index (κ3) is 3.94. The van der Waals surface area contributed by atoms with Crippen molar-refractivity contribution in [1.29, 1.82) is 0 Å². The van der Waals surface area contributed by atoms with Crippen LogP contribution in [0.4, 0.5) is 5.95 Å². The van der Waals surface area contributed by atoms with Crippen LogP contribution in [0, 0.1) is 5.92 Å². The van der Waals surface area contributed by atoms with Crippen LogP contribution in [0.25, 0.3) is 0 Å². The van der Waals surface area contributed by atoms with Gasteiger partial charge in [0.1, 0.15) is 0 Å². The number of nitrogens with zero attached hydrogens (tertiary/aromatic N) is 3. The smallest absolute Gasteiger partial charge is 0.225 e. The second-order valence-electron chi connectivity index (χ2n) is 4.32. The SMILES string of the molecule is CC(C)C(N)CCN(C)c1ncc(Cl)cn1. The van der Waals surface area contributed by atoms with E-state index < -0.39 is 0 Å². The predicted octanol–water partition coefficient (Wildman–Crippen LogP) is 1.94. The highest BCUT2D eigenvalue weighted by atomic mass is 35.5. The topological polar surface area (TPSA) is 55.0 Å². The molecule has 1 aromatic rings. The zero-order chi connectivity index (χ0) is 12.1. The van der Waals surface area contributed by atoms with Gasteiger partial charge >= 0.3 is 0 Å². The van der Waals surface area contributed by atoms with Crippen molar-refractivity contribution >= 4 is 17.5 Å². The van der Waals surface area contributed by atoms with Crippen molar-refractivity contribution in [2.24, 2.45) is 11.7 Å². The largest absolute Gasteiger partial charge is 0.344 e. The van der Waals surface area contributed by atoms with Crippen molar-refractivity contribution in [1.82, 2.24) is 9.97 Å². The van der Waals surface area contributed by atoms with Gasteiger partial charge in [0.05, 0.1) is 17.4 Å². The van der Waals surface area contributed by atoms with Gasteiger partial charge in [-0.1, -0.05) is 25.4 Å². The van der Waals surface area contributed by atoms with Crippen molar-refractivity contribution < 1.29 is 0 Å². The zero-order valence-electron chi connectivity index (χ0n) is 10.0. The number of rotatable bonds is 5. The zero-order valence-corrected chi connectivity index (χ0v) is 10.8. The molecule has 0 aromatic carbocycles. The Morgan fingerprint density at radius 1 is 1.38 bits per heavy atom. The Kier molecular flexibility index (Phi) is 4.96. The number of halogens is 1. The number of aromatic nitrogens is 2. The first-order valence-electron chi connectivity index (χ1n) is 5.45. The Morgan fingerprint density at radius 2 is 1.94 bits per heavy atom. The Balaban J connectivity index is 2.46. The molecule has 0 aliphatic heterocycles. The van der Waals surface area contributed by atoms with Crippen molar-refractivity contribution in [3.8, 4) is 0 Å². The molecule has 0 fully saturated rings. The summed E-state index contributed by atoms with van der Waals surface area (Å²) in [5, 5.41) is 0.552. The van der Waals surface area contributed by atoms with Gasteiger partial charge in [-0.15, -0.1) is 0 Å². The molecule has 1 heterocycles. The third-order valence-corrected chi connectivity index (χ3v) is 2.80. The van der Waals surface area contributed by atoms with Gasteiger partial charge in [-0.2, -0.15) is 0 Å². The lowest BCUT2D eigenvalue weighted by Crippen LogP contribution is -2.32. The van der Waals surface area contributed by atoms with E-state index in [4.69, 9.17) is 17.3 Å². The molecule has 1 rings (SSSR count). The molecule has 1 unspecified atom stereocenters. The van der Waals surface area contributed by atoms with Crippen molar-refractivity contribution in [2.75, 3.05) is 18.5 Å². The molecule has 0 amide bonds. The molecular formula is C11H19ClN4. The monoisotopic (exact) mass is 242 g/mol. The molecule has 90 valence electrons. The summed E-state index contributed by atoms with van der Waals surface area (Å²) in [6.45, 7) is 5.11. The van der Waals surface area contributed by atoms with Gasteiger partial charge in [-0.25, -0.2) is 9.97 Å². The first kappa shape index (κ1) is 13.2. The molecule has 0 saturated heterocycles. The van der Waals surface area contributed by atoms with Gasteiger partial charge in [-0.05, 0) is 12.3 Å². The van der Waals surface area contributed by atoms with Crippen molar-refractivity contribution in [3.63, 3.8) is 0 Å². The molecule has 4 nitrogen and oxygen atoms in total. The summed E-state index contributed by atoms with van der Waals surface area (Å²) in [6.07, 6.45) is 4.13. The van der Waals surface area contributed by atoms with E-state index in [0.29, 0.717) is 16.9 Å². The highest BCUT2D eigenvalue weighted by Crippen LogP contribution is 2.10. The number of hydrogen-bond donors (Lipinski definition) is 1. The third-order valence-electron chi connectivity index (χ3n) is 2.60. The first-order valence-corrected chi connectivity index (χ1v) is 5.82. The fourth-order valence-electron chi connectivity index (χ4n) is 1.28. The maximum absolute atomic E-state index is 5.98. The first-order chi connectivity index (χ1) is 7.50. The van der Waals surface area contributed by atoms with Crippen LogP contribution in [0.1, 0.15) is 20.3 Å². The van der Waals surface area contributed by atoms with E-state index in [1.165, 1.54) is 0 Å². The minimum absolute atomic E-state index is 0.217. The fourth-order valence-corrected chi connectivity index (χ4v) is 1.38. The Morgan fingerprint density at radius 3 is 2.44 bits per heavy atom. The Bertz CT molecular complexity index is 312. The van der Waals surface area contributed by atoms with Crippen LogP contribution in [-0.2, 0) is 0 Å². The molecule has 0 radical (unpaired) electrons. The molecular weight excluding hydrogens is 224 g/mol. The van der Waals surface area contributed by atoms with Crippen LogP contribution in [0.15, 0.2) is 12.4 Å². The van der Waals surface area contributed by atoms with Gasteiger partial charge in [0.25, 0.3) is 0 Å². The summed E-state index contributed by atoms with van der Waals surface area (Å²) >= 11 is 5.72. The standard InChI is InChI=1S/C11H19ClN4/c1-8(2)10(13)4-5-16(3)11-14-6-9(12)7-15-11/h6-8,10H,4-5,13H2,1-3H3. The molecule has 5 heteroatoms. The van der Waals surface area contributed by atoms with Gasteiger partial charge in [0.2, 0.25) is 5.95 Å². The number of hydrogen-bond acceptors (Lipinski definition) is 4. The lowest BCUT2D eigenvalue weighted by molar-refractivity contribution is 0.465. The summed E-state index contributed by atoms with van der Waals surface area (Å²) < 4.78 is 0. The van der Waals surface area contributed by atoms with Crippen LogP contribution < -0.4 is 10.6 Å². The van der Waals surface area contributed by atoms with E-state index in [0.717, 1.165) is 13.0 Å². The molecule has 0 aliphatic rings. The van der Waals surface area contributed by atoms with E-state index in [2.05, 4.69) is 23.8 Å². The minimum Gasteiger partial charge on any atom is -0.344 e. The minimum atomic E-state index is 0.217. The van der Waals surface area contributed by atoms with Gasteiger partial charge in [-0.3, -0.25) is 0 Å². The summed E-state index contributed by atoms with van der Waals surface area (Å²) in [6, 6.07) is 0.217. The summed E-state index contributed by atoms with van der Waals surface area (Å²) in [4.78, 5) is 10.3. The van der Waals surface area contributed by atoms with Crippen LogP contribution >= 0.6 is 11.6 Å². The van der Waals surface area contributed by atoms with Crippen LogP contribution in [0.5, 0.6) is 0 Å². The second-order valence-corrected chi connectivity index (χ2v) is 4.76. The second kappa shape index (κ2) is 6.01. The molecule has 16 heavy (non-hydrogen) atoms. The van der Waals surface area contributed by atoms with Gasteiger partial charge < -0.3 is 10.6 Å². The summed E-state index contributed by atoms with van der Waals surface area (Å²) in [7, 11) is 1.95. The van der Waals surface area contributed by atoms with E-state index in [1.54, 1.807) is 12.4 Å². The fraction of sp³-hybridized carbons (Fsp3) is 0.636. The molecule has 1 aromatic heterocycles. The van der Waals surface area contributed by atoms with E-state index in [-0.39, 0.29) is 6.04 Å². The summed E-state index contributed by atoms with van der Waals surface area (Å²) in [5.74, 6) is 1.18. The van der Waals surface area contributed by atoms with Crippen molar-refractivity contribution in [3.05, 3.63) is 17.4 Å². The van der Waals surface area contributed by atoms with Crippen LogP contribution in [-0.4, -0.2) is 29.6 Å². The van der Waals surface area contributed by atoms with Crippen LogP contribution in [0.3, 0.4) is 0 Å². The maximum atomic E-state index is 5.98. The molecule has 2 N–H and O–H groups in total. The van der Waals surface area contributed by atoms with E-state index >= 15 is 0 Å². The quantitative estimate of drug-likeness (QED) is 0.858. The molecule has 0 spiro atoms. The number of anilines is 1. The lowest BCUT2D eigenvalue weighted by atomic mass is 10.0. The van der Waals surface area contributed by atoms with Gasteiger partial charge in [0, 0.05) is 19.6 Å². The average Bonchev–Trinajstić information content (AvgIpc) is 2.26. The highest BCUT2D eigenvalue weighted by Gasteiger charge is 2.10. The maximum Gasteiger partial charge on any atom is 0.225 e.